The van der Waals surface area contributed by atoms with Crippen molar-refractivity contribution in [2.45, 2.75) is 31.2 Å². The first-order valence-electron chi connectivity index (χ1n) is 6.53. The minimum Gasteiger partial charge on any atom is -0.368 e. The van der Waals surface area contributed by atoms with Gasteiger partial charge in [0.25, 0.3) is 0 Å². The molecule has 0 aromatic heterocycles. The highest BCUT2D eigenvalue weighted by Crippen LogP contribution is 2.29. The van der Waals surface area contributed by atoms with E-state index in [2.05, 4.69) is 13.0 Å². The summed E-state index contributed by atoms with van der Waals surface area (Å²) in [5, 5.41) is 0. The fourth-order valence-electron chi connectivity index (χ4n) is 2.07. The van der Waals surface area contributed by atoms with E-state index in [0.29, 0.717) is 6.54 Å². The van der Waals surface area contributed by atoms with Gasteiger partial charge < -0.3 is 16.4 Å². The van der Waals surface area contributed by atoms with Crippen LogP contribution in [0.2, 0.25) is 0 Å². The fraction of sp³-hybridized carbons (Fsp3) is 0.500. The predicted molar refractivity (Wildman–Crippen MR) is 82.4 cm³/mol. The van der Waals surface area contributed by atoms with Crippen molar-refractivity contribution in [1.82, 2.24) is 0 Å². The Hall–Kier alpha value is -1.20. The lowest BCUT2D eigenvalue weighted by atomic mass is 10.1. The quantitative estimate of drug-likeness (QED) is 0.714. The minimum absolute atomic E-state index is 0.241. The number of hydrogen-bond acceptors (Lipinski definition) is 4. The maximum absolute atomic E-state index is 11.2. The minimum atomic E-state index is -0.311. The lowest BCUT2D eigenvalue weighted by Crippen LogP contribution is -2.35. The molecule has 1 rings (SSSR count). The van der Waals surface area contributed by atoms with Gasteiger partial charge in [-0.25, -0.2) is 0 Å². The Bertz CT molecular complexity index is 423. The number of thioether (sulfide) groups is 1. The zero-order valence-electron chi connectivity index (χ0n) is 11.7. The number of carbonyl (C=O) groups is 1. The first-order chi connectivity index (χ1) is 9.13. The number of carbonyl (C=O) groups excluding carboxylic acids is 1. The van der Waals surface area contributed by atoms with Crippen molar-refractivity contribution in [2.24, 2.45) is 11.5 Å². The SMILES string of the molecule is CCCCN(CC(N)=O)c1cccc(SC)c1CN. The Balaban J connectivity index is 3.09. The lowest BCUT2D eigenvalue weighted by Gasteiger charge is -2.26. The number of nitrogens with two attached hydrogens (primary N) is 2. The van der Waals surface area contributed by atoms with E-state index in [4.69, 9.17) is 11.5 Å². The van der Waals surface area contributed by atoms with Crippen molar-refractivity contribution in [1.29, 1.82) is 0 Å². The summed E-state index contributed by atoms with van der Waals surface area (Å²) in [5.74, 6) is -0.311. The zero-order valence-corrected chi connectivity index (χ0v) is 12.5. The maximum Gasteiger partial charge on any atom is 0.236 e. The van der Waals surface area contributed by atoms with Gasteiger partial charge in [-0.1, -0.05) is 19.4 Å². The molecule has 5 heteroatoms. The third kappa shape index (κ3) is 4.44. The van der Waals surface area contributed by atoms with Crippen molar-refractivity contribution in [2.75, 3.05) is 24.2 Å². The molecule has 0 radical (unpaired) electrons. The largest absolute Gasteiger partial charge is 0.368 e. The molecule has 0 saturated heterocycles. The van der Waals surface area contributed by atoms with E-state index in [9.17, 15) is 4.79 Å². The van der Waals surface area contributed by atoms with Crippen LogP contribution in [0.25, 0.3) is 0 Å². The number of unbranched alkanes of at least 4 members (excludes halogenated alkanes) is 1. The standard InChI is InChI=1S/C14H23N3OS/c1-3-4-8-17(10-14(16)18)12-6-5-7-13(19-2)11(12)9-15/h5-7H,3-4,8-10,15H2,1-2H3,(H2,16,18). The van der Waals surface area contributed by atoms with Crippen LogP contribution in [0.4, 0.5) is 5.69 Å². The molecule has 0 aliphatic rings. The summed E-state index contributed by atoms with van der Waals surface area (Å²) in [5.41, 5.74) is 13.3. The van der Waals surface area contributed by atoms with E-state index in [1.165, 1.54) is 0 Å². The fourth-order valence-corrected chi connectivity index (χ4v) is 2.72. The summed E-state index contributed by atoms with van der Waals surface area (Å²) in [7, 11) is 0. The van der Waals surface area contributed by atoms with Crippen LogP contribution in [0.1, 0.15) is 25.3 Å². The number of rotatable bonds is 8. The van der Waals surface area contributed by atoms with Gasteiger partial charge in [0.15, 0.2) is 0 Å². The smallest absolute Gasteiger partial charge is 0.236 e. The van der Waals surface area contributed by atoms with Crippen LogP contribution < -0.4 is 16.4 Å². The maximum atomic E-state index is 11.2. The molecular weight excluding hydrogens is 258 g/mol. The Labute approximate surface area is 119 Å². The van der Waals surface area contributed by atoms with E-state index in [1.807, 2.05) is 23.3 Å². The zero-order chi connectivity index (χ0) is 14.3. The third-order valence-electron chi connectivity index (χ3n) is 3.00. The first-order valence-corrected chi connectivity index (χ1v) is 7.75. The van der Waals surface area contributed by atoms with Crippen molar-refractivity contribution < 1.29 is 4.79 Å². The summed E-state index contributed by atoms with van der Waals surface area (Å²) in [6, 6.07) is 6.07. The van der Waals surface area contributed by atoms with E-state index in [1.54, 1.807) is 11.8 Å². The highest BCUT2D eigenvalue weighted by Gasteiger charge is 2.14. The molecule has 0 saturated carbocycles. The highest BCUT2D eigenvalue weighted by molar-refractivity contribution is 7.98. The molecule has 1 aromatic rings. The van der Waals surface area contributed by atoms with Crippen LogP contribution in [0.3, 0.4) is 0 Å². The lowest BCUT2D eigenvalue weighted by molar-refractivity contribution is -0.116. The molecule has 0 aliphatic heterocycles. The van der Waals surface area contributed by atoms with E-state index in [-0.39, 0.29) is 12.5 Å². The van der Waals surface area contributed by atoms with Crippen molar-refractivity contribution in [3.05, 3.63) is 23.8 Å². The molecule has 0 spiro atoms. The first kappa shape index (κ1) is 15.9. The topological polar surface area (TPSA) is 72.3 Å². The summed E-state index contributed by atoms with van der Waals surface area (Å²) in [6.45, 7) is 3.66. The van der Waals surface area contributed by atoms with E-state index >= 15 is 0 Å². The third-order valence-corrected chi connectivity index (χ3v) is 3.82. The van der Waals surface area contributed by atoms with Crippen LogP contribution in [0, 0.1) is 0 Å². The average molecular weight is 281 g/mol. The second-order valence-electron chi connectivity index (χ2n) is 4.40. The Morgan fingerprint density at radius 1 is 1.42 bits per heavy atom. The van der Waals surface area contributed by atoms with Crippen molar-refractivity contribution in [3.63, 3.8) is 0 Å². The molecule has 0 heterocycles. The van der Waals surface area contributed by atoms with E-state index < -0.39 is 0 Å². The molecule has 0 bridgehead atoms. The van der Waals surface area contributed by atoms with Gasteiger partial charge in [0, 0.05) is 29.2 Å². The van der Waals surface area contributed by atoms with Crippen LogP contribution in [-0.4, -0.2) is 25.3 Å². The van der Waals surface area contributed by atoms with Gasteiger partial charge in [-0.05, 0) is 24.8 Å². The number of anilines is 1. The molecule has 1 aromatic carbocycles. The van der Waals surface area contributed by atoms with Crippen LogP contribution in [0.5, 0.6) is 0 Å². The second kappa shape index (κ2) is 8.07. The van der Waals surface area contributed by atoms with Gasteiger partial charge in [0.1, 0.15) is 0 Å². The molecule has 0 aliphatic carbocycles. The monoisotopic (exact) mass is 281 g/mol. The second-order valence-corrected chi connectivity index (χ2v) is 5.25. The summed E-state index contributed by atoms with van der Waals surface area (Å²) in [4.78, 5) is 14.4. The molecule has 4 N–H and O–H groups in total. The van der Waals surface area contributed by atoms with Gasteiger partial charge in [-0.15, -0.1) is 11.8 Å². The molecule has 1 amide bonds. The normalized spacial score (nSPS) is 10.5. The van der Waals surface area contributed by atoms with Gasteiger partial charge in [0.05, 0.1) is 6.54 Å². The molecule has 0 fully saturated rings. The number of amides is 1. The molecule has 4 nitrogen and oxygen atoms in total. The van der Waals surface area contributed by atoms with Gasteiger partial charge >= 0.3 is 0 Å². The summed E-state index contributed by atoms with van der Waals surface area (Å²) in [6.07, 6.45) is 4.14. The molecule has 106 valence electrons. The average Bonchev–Trinajstić information content (AvgIpc) is 2.41. The number of nitrogens with zero attached hydrogens (tertiary/aromatic N) is 1. The van der Waals surface area contributed by atoms with Crippen LogP contribution in [0.15, 0.2) is 23.1 Å². The molecule has 0 unspecified atom stereocenters. The molecule has 0 atom stereocenters. The number of hydrogen-bond donors (Lipinski definition) is 2. The van der Waals surface area contributed by atoms with Crippen molar-refractivity contribution in [3.8, 4) is 0 Å². The Morgan fingerprint density at radius 2 is 2.16 bits per heavy atom. The predicted octanol–water partition coefficient (Wildman–Crippen LogP) is 1.96. The van der Waals surface area contributed by atoms with E-state index in [0.717, 1.165) is 35.5 Å². The molecule has 19 heavy (non-hydrogen) atoms. The number of primary amides is 1. The van der Waals surface area contributed by atoms with Gasteiger partial charge in [0.2, 0.25) is 5.91 Å². The Morgan fingerprint density at radius 3 is 2.68 bits per heavy atom. The number of benzene rings is 1. The van der Waals surface area contributed by atoms with Crippen molar-refractivity contribution >= 4 is 23.4 Å². The van der Waals surface area contributed by atoms with Gasteiger partial charge in [-0.2, -0.15) is 0 Å². The summed E-state index contributed by atoms with van der Waals surface area (Å²) < 4.78 is 0. The van der Waals surface area contributed by atoms with Gasteiger partial charge in [-0.3, -0.25) is 4.79 Å². The molecular formula is C14H23N3OS. The Kier molecular flexibility index (Phi) is 6.73. The van der Waals surface area contributed by atoms with Crippen LogP contribution in [-0.2, 0) is 11.3 Å². The van der Waals surface area contributed by atoms with Crippen LogP contribution >= 0.6 is 11.8 Å². The highest BCUT2D eigenvalue weighted by atomic mass is 32.2. The summed E-state index contributed by atoms with van der Waals surface area (Å²) >= 11 is 1.67.